The summed E-state index contributed by atoms with van der Waals surface area (Å²) in [5, 5.41) is 5.42. The van der Waals surface area contributed by atoms with Crippen LogP contribution in [0.15, 0.2) is 60.0 Å². The Hall–Kier alpha value is -3.25. The number of nitrogens with one attached hydrogen (secondary N) is 1. The molecule has 1 N–H and O–H groups in total. The second-order valence-electron chi connectivity index (χ2n) is 5.77. The first-order valence-corrected chi connectivity index (χ1v) is 9.13. The summed E-state index contributed by atoms with van der Waals surface area (Å²) in [5.74, 6) is 0.440. The molecule has 3 aromatic rings. The van der Waals surface area contributed by atoms with Crippen LogP contribution in [0.5, 0.6) is 5.75 Å². The minimum atomic E-state index is -0.178. The Morgan fingerprint density at radius 2 is 1.96 bits per heavy atom. The number of hydrogen-bond acceptors (Lipinski definition) is 5. The molecule has 1 amide bonds. The number of aromatic nitrogens is 1. The smallest absolute Gasteiger partial charge is 0.221 e. The quantitative estimate of drug-likeness (QED) is 0.500. The number of anilines is 1. The highest BCUT2D eigenvalue weighted by Crippen LogP contribution is 2.27. The maximum atomic E-state index is 12.4. The normalized spacial score (nSPS) is 10.7. The molecular weight excluding hydrogens is 360 g/mol. The molecular formula is C21H18N2O3S. The van der Waals surface area contributed by atoms with E-state index in [-0.39, 0.29) is 11.7 Å². The Kier molecular flexibility index (Phi) is 5.78. The van der Waals surface area contributed by atoms with Crippen molar-refractivity contribution in [3.05, 3.63) is 71.2 Å². The highest BCUT2D eigenvalue weighted by Gasteiger charge is 2.07. The second-order valence-corrected chi connectivity index (χ2v) is 6.63. The van der Waals surface area contributed by atoms with E-state index in [0.29, 0.717) is 16.9 Å². The van der Waals surface area contributed by atoms with Crippen LogP contribution in [0.25, 0.3) is 16.6 Å². The van der Waals surface area contributed by atoms with Crippen molar-refractivity contribution in [3.63, 3.8) is 0 Å². The van der Waals surface area contributed by atoms with Crippen LogP contribution in [0.4, 0.5) is 5.69 Å². The van der Waals surface area contributed by atoms with Crippen LogP contribution in [-0.2, 0) is 4.79 Å². The molecule has 0 saturated heterocycles. The SMILES string of the molecule is COc1cccc(-c2nc(/C=C/C(=O)c3cccc(NC(C)=O)c3)cs2)c1. The summed E-state index contributed by atoms with van der Waals surface area (Å²) in [7, 11) is 1.63. The van der Waals surface area contributed by atoms with Gasteiger partial charge in [-0.05, 0) is 36.4 Å². The molecule has 0 aliphatic carbocycles. The van der Waals surface area contributed by atoms with E-state index in [9.17, 15) is 9.59 Å². The van der Waals surface area contributed by atoms with Gasteiger partial charge in [-0.2, -0.15) is 0 Å². The predicted molar refractivity (Wildman–Crippen MR) is 108 cm³/mol. The van der Waals surface area contributed by atoms with E-state index >= 15 is 0 Å². The van der Waals surface area contributed by atoms with Crippen LogP contribution in [0.2, 0.25) is 0 Å². The van der Waals surface area contributed by atoms with Crippen LogP contribution in [-0.4, -0.2) is 23.8 Å². The standard InChI is InChI=1S/C21H18N2O3S/c1-14(24)22-17-7-3-5-15(11-17)20(25)10-9-18-13-27-21(23-18)16-6-4-8-19(12-16)26-2/h3-13H,1-2H3,(H,22,24)/b10-9+. The number of thiazole rings is 1. The number of hydrogen-bond donors (Lipinski definition) is 1. The maximum absolute atomic E-state index is 12.4. The lowest BCUT2D eigenvalue weighted by atomic mass is 10.1. The molecule has 6 heteroatoms. The lowest BCUT2D eigenvalue weighted by molar-refractivity contribution is -0.114. The van der Waals surface area contributed by atoms with Gasteiger partial charge in [0.1, 0.15) is 10.8 Å². The highest BCUT2D eigenvalue weighted by atomic mass is 32.1. The number of allylic oxidation sites excluding steroid dienone is 1. The molecule has 0 spiro atoms. The lowest BCUT2D eigenvalue weighted by Crippen LogP contribution is -2.06. The molecule has 27 heavy (non-hydrogen) atoms. The van der Waals surface area contributed by atoms with Gasteiger partial charge in [0.2, 0.25) is 5.91 Å². The largest absolute Gasteiger partial charge is 0.497 e. The Morgan fingerprint density at radius 3 is 2.74 bits per heavy atom. The summed E-state index contributed by atoms with van der Waals surface area (Å²) >= 11 is 1.50. The van der Waals surface area contributed by atoms with Crippen LogP contribution in [0, 0.1) is 0 Å². The number of carbonyl (C=O) groups excluding carboxylic acids is 2. The Morgan fingerprint density at radius 1 is 1.15 bits per heavy atom. The molecule has 0 aliphatic heterocycles. The van der Waals surface area contributed by atoms with Crippen LogP contribution in [0.1, 0.15) is 23.0 Å². The van der Waals surface area contributed by atoms with Crippen molar-refractivity contribution >= 4 is 34.8 Å². The van der Waals surface area contributed by atoms with E-state index in [0.717, 1.165) is 16.3 Å². The van der Waals surface area contributed by atoms with Crippen molar-refractivity contribution < 1.29 is 14.3 Å². The van der Waals surface area contributed by atoms with Gasteiger partial charge in [0, 0.05) is 29.1 Å². The van der Waals surface area contributed by atoms with Crippen LogP contribution in [0.3, 0.4) is 0 Å². The number of carbonyl (C=O) groups is 2. The Balaban J connectivity index is 1.74. The second kappa shape index (κ2) is 8.42. The van der Waals surface area contributed by atoms with Gasteiger partial charge in [-0.25, -0.2) is 4.98 Å². The third kappa shape index (κ3) is 4.89. The van der Waals surface area contributed by atoms with E-state index in [1.807, 2.05) is 29.6 Å². The number of rotatable bonds is 6. The zero-order chi connectivity index (χ0) is 19.2. The fourth-order valence-electron chi connectivity index (χ4n) is 2.46. The average molecular weight is 378 g/mol. The number of ether oxygens (including phenoxy) is 1. The van der Waals surface area contributed by atoms with Crippen molar-refractivity contribution in [2.75, 3.05) is 12.4 Å². The van der Waals surface area contributed by atoms with Crippen molar-refractivity contribution in [2.24, 2.45) is 0 Å². The topological polar surface area (TPSA) is 68.3 Å². The molecule has 2 aromatic carbocycles. The van der Waals surface area contributed by atoms with E-state index in [2.05, 4.69) is 10.3 Å². The van der Waals surface area contributed by atoms with Crippen molar-refractivity contribution in [3.8, 4) is 16.3 Å². The minimum Gasteiger partial charge on any atom is -0.497 e. The summed E-state index contributed by atoms with van der Waals surface area (Å²) < 4.78 is 5.24. The van der Waals surface area contributed by atoms with E-state index in [1.165, 1.54) is 24.3 Å². The summed E-state index contributed by atoms with van der Waals surface area (Å²) in [6.07, 6.45) is 3.17. The fourth-order valence-corrected chi connectivity index (χ4v) is 3.25. The number of methoxy groups -OCH3 is 1. The third-order valence-corrected chi connectivity index (χ3v) is 4.62. The number of benzene rings is 2. The van der Waals surface area contributed by atoms with Crippen LogP contribution >= 0.6 is 11.3 Å². The summed E-state index contributed by atoms with van der Waals surface area (Å²) in [5.41, 5.74) is 2.77. The molecule has 5 nitrogen and oxygen atoms in total. The first-order valence-electron chi connectivity index (χ1n) is 8.25. The monoisotopic (exact) mass is 378 g/mol. The molecule has 0 unspecified atom stereocenters. The summed E-state index contributed by atoms with van der Waals surface area (Å²) in [4.78, 5) is 28.1. The molecule has 0 radical (unpaired) electrons. The highest BCUT2D eigenvalue weighted by molar-refractivity contribution is 7.13. The molecule has 0 saturated carbocycles. The predicted octanol–water partition coefficient (Wildman–Crippen LogP) is 4.67. The Labute approximate surface area is 161 Å². The van der Waals surface area contributed by atoms with Gasteiger partial charge >= 0.3 is 0 Å². The molecule has 3 rings (SSSR count). The molecule has 0 fully saturated rings. The number of nitrogens with zero attached hydrogens (tertiary/aromatic N) is 1. The molecule has 1 heterocycles. The zero-order valence-corrected chi connectivity index (χ0v) is 15.7. The minimum absolute atomic E-state index is 0.155. The van der Waals surface area contributed by atoms with Crippen molar-refractivity contribution in [1.82, 2.24) is 4.98 Å². The molecule has 136 valence electrons. The lowest BCUT2D eigenvalue weighted by Gasteiger charge is -2.03. The fraction of sp³-hybridized carbons (Fsp3) is 0.0952. The van der Waals surface area contributed by atoms with Gasteiger partial charge in [0.25, 0.3) is 0 Å². The van der Waals surface area contributed by atoms with Gasteiger partial charge in [0.15, 0.2) is 5.78 Å². The van der Waals surface area contributed by atoms with Gasteiger partial charge in [0.05, 0.1) is 12.8 Å². The Bertz CT molecular complexity index is 1010. The number of ketones is 1. The maximum Gasteiger partial charge on any atom is 0.221 e. The van der Waals surface area contributed by atoms with E-state index in [1.54, 1.807) is 37.5 Å². The summed E-state index contributed by atoms with van der Waals surface area (Å²) in [6, 6.07) is 14.5. The van der Waals surface area contributed by atoms with E-state index in [4.69, 9.17) is 4.74 Å². The number of amides is 1. The molecule has 1 aromatic heterocycles. The molecule has 0 atom stereocenters. The average Bonchev–Trinajstić information content (AvgIpc) is 3.15. The van der Waals surface area contributed by atoms with Gasteiger partial charge in [-0.15, -0.1) is 11.3 Å². The van der Waals surface area contributed by atoms with Crippen molar-refractivity contribution in [2.45, 2.75) is 6.92 Å². The van der Waals surface area contributed by atoms with Gasteiger partial charge in [-0.1, -0.05) is 24.3 Å². The summed E-state index contributed by atoms with van der Waals surface area (Å²) in [6.45, 7) is 1.43. The third-order valence-electron chi connectivity index (χ3n) is 3.71. The zero-order valence-electron chi connectivity index (χ0n) is 14.9. The van der Waals surface area contributed by atoms with Gasteiger partial charge in [-0.3, -0.25) is 9.59 Å². The van der Waals surface area contributed by atoms with Gasteiger partial charge < -0.3 is 10.1 Å². The van der Waals surface area contributed by atoms with Crippen LogP contribution < -0.4 is 10.1 Å². The van der Waals surface area contributed by atoms with E-state index < -0.39 is 0 Å². The first-order chi connectivity index (χ1) is 13.0. The first kappa shape index (κ1) is 18.5. The van der Waals surface area contributed by atoms with Crippen molar-refractivity contribution in [1.29, 1.82) is 0 Å². The molecule has 0 bridgehead atoms. The molecule has 0 aliphatic rings.